The van der Waals surface area contributed by atoms with Crippen molar-refractivity contribution < 1.29 is 5.11 Å². The molecule has 18 heavy (non-hydrogen) atoms. The summed E-state index contributed by atoms with van der Waals surface area (Å²) in [5.41, 5.74) is 2.83. The molecular formula is C15H20N2O. The Balaban J connectivity index is 1.87. The van der Waals surface area contributed by atoms with Gasteiger partial charge in [-0.05, 0) is 62.3 Å². The van der Waals surface area contributed by atoms with Crippen LogP contribution in [-0.4, -0.2) is 17.8 Å². The molecule has 2 rings (SSSR count). The molecule has 0 aromatic heterocycles. The minimum atomic E-state index is -0.0848. The third kappa shape index (κ3) is 3.24. The Morgan fingerprint density at radius 1 is 1.33 bits per heavy atom. The van der Waals surface area contributed by atoms with Gasteiger partial charge in [0.15, 0.2) is 0 Å². The fourth-order valence-corrected chi connectivity index (χ4v) is 2.51. The molecule has 1 saturated carbocycles. The van der Waals surface area contributed by atoms with Crippen molar-refractivity contribution in [2.45, 2.75) is 38.7 Å². The highest BCUT2D eigenvalue weighted by Crippen LogP contribution is 2.24. The van der Waals surface area contributed by atoms with Gasteiger partial charge < -0.3 is 10.4 Å². The van der Waals surface area contributed by atoms with Gasteiger partial charge in [-0.1, -0.05) is 0 Å². The number of hydrogen-bond donors (Lipinski definition) is 2. The number of aryl methyl sites for hydroxylation is 1. The monoisotopic (exact) mass is 244 g/mol. The van der Waals surface area contributed by atoms with Crippen molar-refractivity contribution in [1.29, 1.82) is 5.26 Å². The van der Waals surface area contributed by atoms with Gasteiger partial charge in [-0.15, -0.1) is 0 Å². The van der Waals surface area contributed by atoms with E-state index in [0.29, 0.717) is 5.92 Å². The Kier molecular flexibility index (Phi) is 4.22. The highest BCUT2D eigenvalue weighted by Gasteiger charge is 2.18. The van der Waals surface area contributed by atoms with Crippen LogP contribution in [0.4, 0.5) is 5.69 Å². The topological polar surface area (TPSA) is 56.0 Å². The third-order valence-corrected chi connectivity index (χ3v) is 3.76. The van der Waals surface area contributed by atoms with Crippen LogP contribution < -0.4 is 5.32 Å². The highest BCUT2D eigenvalue weighted by atomic mass is 16.3. The van der Waals surface area contributed by atoms with Crippen LogP contribution in [0.15, 0.2) is 18.2 Å². The summed E-state index contributed by atoms with van der Waals surface area (Å²) in [5, 5.41) is 21.8. The van der Waals surface area contributed by atoms with Crippen LogP contribution in [0.1, 0.15) is 36.8 Å². The maximum Gasteiger partial charge on any atom is 0.0994 e. The van der Waals surface area contributed by atoms with Crippen LogP contribution >= 0.6 is 0 Å². The molecule has 1 aliphatic carbocycles. The SMILES string of the molecule is Cc1cc(NCC2CCC(O)CC2)ccc1C#N. The summed E-state index contributed by atoms with van der Waals surface area (Å²) >= 11 is 0. The van der Waals surface area contributed by atoms with Crippen LogP contribution in [0.2, 0.25) is 0 Å². The summed E-state index contributed by atoms with van der Waals surface area (Å²) in [6.07, 6.45) is 3.98. The van der Waals surface area contributed by atoms with Gasteiger partial charge in [0, 0.05) is 12.2 Å². The van der Waals surface area contributed by atoms with E-state index in [1.54, 1.807) is 0 Å². The van der Waals surface area contributed by atoms with E-state index in [1.807, 2.05) is 25.1 Å². The van der Waals surface area contributed by atoms with E-state index in [0.717, 1.165) is 49.0 Å². The third-order valence-electron chi connectivity index (χ3n) is 3.76. The molecule has 0 atom stereocenters. The lowest BCUT2D eigenvalue weighted by molar-refractivity contribution is 0.111. The molecule has 1 aliphatic rings. The van der Waals surface area contributed by atoms with Gasteiger partial charge in [-0.2, -0.15) is 5.26 Å². The molecule has 0 radical (unpaired) electrons. The fourth-order valence-electron chi connectivity index (χ4n) is 2.51. The van der Waals surface area contributed by atoms with Gasteiger partial charge in [0.05, 0.1) is 17.7 Å². The Hall–Kier alpha value is -1.53. The lowest BCUT2D eigenvalue weighted by Crippen LogP contribution is -2.23. The molecule has 96 valence electrons. The predicted molar refractivity (Wildman–Crippen MR) is 72.3 cm³/mol. The number of rotatable bonds is 3. The van der Waals surface area contributed by atoms with Crippen molar-refractivity contribution in [3.8, 4) is 6.07 Å². The molecular weight excluding hydrogens is 224 g/mol. The first-order valence-electron chi connectivity index (χ1n) is 6.61. The molecule has 1 aromatic carbocycles. The normalized spacial score (nSPS) is 23.4. The second-order valence-electron chi connectivity index (χ2n) is 5.20. The van der Waals surface area contributed by atoms with Crippen LogP contribution in [-0.2, 0) is 0 Å². The number of nitrogens with zero attached hydrogens (tertiary/aromatic N) is 1. The standard InChI is InChI=1S/C15H20N2O/c1-11-8-14(5-4-13(11)9-16)17-10-12-2-6-15(18)7-3-12/h4-5,8,12,15,17-18H,2-3,6-7,10H2,1H3. The van der Waals surface area contributed by atoms with Crippen LogP contribution in [0, 0.1) is 24.2 Å². The van der Waals surface area contributed by atoms with Crippen molar-refractivity contribution >= 4 is 5.69 Å². The van der Waals surface area contributed by atoms with E-state index in [1.165, 1.54) is 0 Å². The lowest BCUT2D eigenvalue weighted by atomic mass is 9.87. The Labute approximate surface area is 108 Å². The molecule has 0 unspecified atom stereocenters. The zero-order valence-corrected chi connectivity index (χ0v) is 10.8. The predicted octanol–water partition coefficient (Wildman–Crippen LogP) is 2.83. The molecule has 0 bridgehead atoms. The summed E-state index contributed by atoms with van der Waals surface area (Å²) in [6, 6.07) is 8.03. The van der Waals surface area contributed by atoms with Crippen molar-refractivity contribution in [2.75, 3.05) is 11.9 Å². The molecule has 2 N–H and O–H groups in total. The van der Waals surface area contributed by atoms with Crippen LogP contribution in [0.5, 0.6) is 0 Å². The molecule has 0 saturated heterocycles. The minimum Gasteiger partial charge on any atom is -0.393 e. The number of anilines is 1. The molecule has 3 nitrogen and oxygen atoms in total. The quantitative estimate of drug-likeness (QED) is 0.859. The molecule has 0 aliphatic heterocycles. The Morgan fingerprint density at radius 2 is 2.06 bits per heavy atom. The summed E-state index contributed by atoms with van der Waals surface area (Å²) in [5.74, 6) is 0.657. The van der Waals surface area contributed by atoms with Gasteiger partial charge in [0.1, 0.15) is 0 Å². The van der Waals surface area contributed by atoms with Crippen LogP contribution in [0.25, 0.3) is 0 Å². The Bertz CT molecular complexity index is 442. The second kappa shape index (κ2) is 5.88. The number of nitrogens with one attached hydrogen (secondary N) is 1. The van der Waals surface area contributed by atoms with E-state index >= 15 is 0 Å². The summed E-state index contributed by atoms with van der Waals surface area (Å²) in [4.78, 5) is 0. The van der Waals surface area contributed by atoms with Crippen molar-refractivity contribution in [1.82, 2.24) is 0 Å². The van der Waals surface area contributed by atoms with E-state index < -0.39 is 0 Å². The molecule has 0 amide bonds. The summed E-state index contributed by atoms with van der Waals surface area (Å²) < 4.78 is 0. The molecule has 0 spiro atoms. The van der Waals surface area contributed by atoms with E-state index in [4.69, 9.17) is 5.26 Å². The number of hydrogen-bond acceptors (Lipinski definition) is 3. The summed E-state index contributed by atoms with van der Waals surface area (Å²) in [7, 11) is 0. The van der Waals surface area contributed by atoms with Gasteiger partial charge in [0.2, 0.25) is 0 Å². The Morgan fingerprint density at radius 3 is 2.67 bits per heavy atom. The average Bonchev–Trinajstić information content (AvgIpc) is 2.38. The van der Waals surface area contributed by atoms with Crippen molar-refractivity contribution in [3.05, 3.63) is 29.3 Å². The van der Waals surface area contributed by atoms with E-state index in [2.05, 4.69) is 11.4 Å². The zero-order chi connectivity index (χ0) is 13.0. The van der Waals surface area contributed by atoms with Crippen molar-refractivity contribution in [3.63, 3.8) is 0 Å². The maximum atomic E-state index is 9.46. The highest BCUT2D eigenvalue weighted by molar-refractivity contribution is 5.51. The van der Waals surface area contributed by atoms with Gasteiger partial charge in [0.25, 0.3) is 0 Å². The van der Waals surface area contributed by atoms with E-state index in [9.17, 15) is 5.11 Å². The average molecular weight is 244 g/mol. The summed E-state index contributed by atoms with van der Waals surface area (Å²) in [6.45, 7) is 2.92. The number of aliphatic hydroxyl groups excluding tert-OH is 1. The molecule has 1 aromatic rings. The second-order valence-corrected chi connectivity index (χ2v) is 5.20. The smallest absolute Gasteiger partial charge is 0.0994 e. The maximum absolute atomic E-state index is 9.46. The zero-order valence-electron chi connectivity index (χ0n) is 10.8. The molecule has 0 heterocycles. The van der Waals surface area contributed by atoms with Gasteiger partial charge in [-0.3, -0.25) is 0 Å². The minimum absolute atomic E-state index is 0.0848. The van der Waals surface area contributed by atoms with Crippen molar-refractivity contribution in [2.24, 2.45) is 5.92 Å². The van der Waals surface area contributed by atoms with Gasteiger partial charge >= 0.3 is 0 Å². The number of aliphatic hydroxyl groups is 1. The van der Waals surface area contributed by atoms with E-state index in [-0.39, 0.29) is 6.10 Å². The van der Waals surface area contributed by atoms with Crippen LogP contribution in [0.3, 0.4) is 0 Å². The molecule has 1 fully saturated rings. The largest absolute Gasteiger partial charge is 0.393 e. The van der Waals surface area contributed by atoms with Gasteiger partial charge in [-0.25, -0.2) is 0 Å². The number of nitriles is 1. The first kappa shape index (κ1) is 12.9. The molecule has 3 heteroatoms. The fraction of sp³-hybridized carbons (Fsp3) is 0.533. The lowest BCUT2D eigenvalue weighted by Gasteiger charge is -2.25. The number of benzene rings is 1. The first-order chi connectivity index (χ1) is 8.69. The first-order valence-corrected chi connectivity index (χ1v) is 6.61.